The maximum atomic E-state index is 5.19. The minimum Gasteiger partial charge on any atom is -0.209 e. The smallest absolute Gasteiger partial charge is 0.164 e. The van der Waals surface area contributed by atoms with E-state index in [1.165, 1.54) is 22.3 Å². The fraction of sp³-hybridized carbons (Fsp3) is 0.179. The standard InChI is InChI=1S/C56H48N6/c1-3-56(4-2,45-36-33-43(34-37-45)53-58-51(41-22-9-6-10-23-41)60-55(62-53)49-31-17-25-39-19-12-14-29-47(39)49)44-27-15-26-42(32-35-44)52-57-50(40-20-7-5-8-21-40)59-54(61-52)48-30-16-24-38-18-11-13-28-46(38)48/h6-7,9-11,13-18,20-25,27-37H,3-5,8,12,19,26H2,1-2H3. The molecule has 0 radical (unpaired) electrons. The van der Waals surface area contributed by atoms with E-state index < -0.39 is 0 Å². The van der Waals surface area contributed by atoms with Crippen LogP contribution >= 0.6 is 0 Å². The van der Waals surface area contributed by atoms with Gasteiger partial charge in [0.05, 0.1) is 0 Å². The van der Waals surface area contributed by atoms with Crippen molar-refractivity contribution in [2.75, 3.05) is 0 Å². The van der Waals surface area contributed by atoms with Gasteiger partial charge in [0.15, 0.2) is 34.9 Å². The Morgan fingerprint density at radius 2 is 1.16 bits per heavy atom. The first-order valence-electron chi connectivity index (χ1n) is 22.0. The Morgan fingerprint density at radius 1 is 0.500 bits per heavy atom. The molecular weight excluding hydrogens is 757 g/mol. The van der Waals surface area contributed by atoms with E-state index in [9.17, 15) is 0 Å². The number of allylic oxidation sites excluding steroid dienone is 11. The molecule has 7 aromatic rings. The van der Waals surface area contributed by atoms with Crippen molar-refractivity contribution in [1.29, 1.82) is 0 Å². The molecule has 0 fully saturated rings. The SMILES string of the molecule is CCC(CC)(C1=CC=C(c2nc(C3=CCCC=C3)nc(-c3cccc4ccccc34)n2)CC=C1)c1ccc(-c2nc(-c3ccccc3)nc(-c3cccc4c3C=CCC4)n2)cc1. The van der Waals surface area contributed by atoms with Gasteiger partial charge < -0.3 is 0 Å². The van der Waals surface area contributed by atoms with E-state index in [4.69, 9.17) is 29.9 Å². The van der Waals surface area contributed by atoms with Gasteiger partial charge in [-0.15, -0.1) is 0 Å². The zero-order chi connectivity index (χ0) is 41.9. The van der Waals surface area contributed by atoms with Gasteiger partial charge in [0.25, 0.3) is 0 Å². The summed E-state index contributed by atoms with van der Waals surface area (Å²) in [6, 6.07) is 40.3. The number of fused-ring (bicyclic) bond motifs is 2. The molecule has 0 amide bonds. The lowest BCUT2D eigenvalue weighted by atomic mass is 9.69. The second-order valence-corrected chi connectivity index (χ2v) is 16.3. The number of nitrogens with zero attached hydrogens (tertiary/aromatic N) is 6. The highest BCUT2D eigenvalue weighted by molar-refractivity contribution is 5.95. The topological polar surface area (TPSA) is 77.3 Å². The van der Waals surface area contributed by atoms with Gasteiger partial charge in [0.1, 0.15) is 0 Å². The summed E-state index contributed by atoms with van der Waals surface area (Å²) < 4.78 is 0. The van der Waals surface area contributed by atoms with Crippen molar-refractivity contribution in [3.63, 3.8) is 0 Å². The molecule has 3 aliphatic rings. The fourth-order valence-corrected chi connectivity index (χ4v) is 9.26. The average Bonchev–Trinajstić information content (AvgIpc) is 3.62. The van der Waals surface area contributed by atoms with E-state index in [-0.39, 0.29) is 5.41 Å². The predicted octanol–water partition coefficient (Wildman–Crippen LogP) is 13.6. The Labute approximate surface area is 364 Å². The number of hydrogen-bond donors (Lipinski definition) is 0. The highest BCUT2D eigenvalue weighted by atomic mass is 15.0. The third-order valence-electron chi connectivity index (χ3n) is 12.7. The molecule has 0 unspecified atom stereocenters. The van der Waals surface area contributed by atoms with Crippen LogP contribution < -0.4 is 0 Å². The van der Waals surface area contributed by atoms with Crippen LogP contribution in [0.4, 0.5) is 0 Å². The van der Waals surface area contributed by atoms with Crippen LogP contribution in [-0.2, 0) is 11.8 Å². The Bertz CT molecular complexity index is 2990. The molecule has 3 aliphatic carbocycles. The van der Waals surface area contributed by atoms with Gasteiger partial charge in [-0.3, -0.25) is 0 Å². The normalized spacial score (nSPS) is 14.8. The summed E-state index contributed by atoms with van der Waals surface area (Å²) in [5, 5.41) is 2.29. The third kappa shape index (κ3) is 7.47. The van der Waals surface area contributed by atoms with Crippen molar-refractivity contribution in [2.45, 2.75) is 64.2 Å². The quantitative estimate of drug-likeness (QED) is 0.137. The molecule has 10 rings (SSSR count). The van der Waals surface area contributed by atoms with Crippen LogP contribution in [0.3, 0.4) is 0 Å². The molecule has 0 spiro atoms. The highest BCUT2D eigenvalue weighted by Gasteiger charge is 2.32. The van der Waals surface area contributed by atoms with Crippen molar-refractivity contribution >= 4 is 28.0 Å². The van der Waals surface area contributed by atoms with E-state index in [1.807, 2.05) is 18.2 Å². The maximum Gasteiger partial charge on any atom is 0.164 e. The largest absolute Gasteiger partial charge is 0.209 e. The summed E-state index contributed by atoms with van der Waals surface area (Å²) in [5.41, 5.74) is 10.9. The molecule has 2 heterocycles. The molecule has 6 heteroatoms. The summed E-state index contributed by atoms with van der Waals surface area (Å²) in [4.78, 5) is 30.7. The fourth-order valence-electron chi connectivity index (χ4n) is 9.26. The van der Waals surface area contributed by atoms with E-state index in [0.717, 1.165) is 82.7 Å². The van der Waals surface area contributed by atoms with Crippen LogP contribution in [-0.4, -0.2) is 29.9 Å². The lowest BCUT2D eigenvalue weighted by molar-refractivity contribution is 0.477. The van der Waals surface area contributed by atoms with Gasteiger partial charge >= 0.3 is 0 Å². The molecule has 2 aromatic heterocycles. The van der Waals surface area contributed by atoms with Gasteiger partial charge in [-0.25, -0.2) is 29.9 Å². The van der Waals surface area contributed by atoms with Crippen LogP contribution in [0.25, 0.3) is 73.5 Å². The monoisotopic (exact) mass is 804 g/mol. The first kappa shape index (κ1) is 39.0. The van der Waals surface area contributed by atoms with Crippen molar-refractivity contribution in [3.05, 3.63) is 198 Å². The Hall–Kier alpha value is -7.18. The predicted molar refractivity (Wildman–Crippen MR) is 255 cm³/mol. The second-order valence-electron chi connectivity index (χ2n) is 16.3. The molecule has 0 atom stereocenters. The first-order valence-corrected chi connectivity index (χ1v) is 22.0. The molecule has 0 N–H and O–H groups in total. The minimum absolute atomic E-state index is 0.216. The van der Waals surface area contributed by atoms with Crippen LogP contribution in [0.15, 0.2) is 169 Å². The summed E-state index contributed by atoms with van der Waals surface area (Å²) in [6.45, 7) is 4.59. The second kappa shape index (κ2) is 17.1. The summed E-state index contributed by atoms with van der Waals surface area (Å²) >= 11 is 0. The lowest BCUT2D eigenvalue weighted by Crippen LogP contribution is -2.26. The van der Waals surface area contributed by atoms with E-state index in [0.29, 0.717) is 41.4 Å². The number of rotatable bonds is 10. The minimum atomic E-state index is -0.216. The molecule has 0 bridgehead atoms. The van der Waals surface area contributed by atoms with Crippen LogP contribution in [0.2, 0.25) is 0 Å². The summed E-state index contributed by atoms with van der Waals surface area (Å²) in [5.74, 6) is 4.14. The zero-order valence-corrected chi connectivity index (χ0v) is 35.3. The number of aryl methyl sites for hydroxylation is 1. The van der Waals surface area contributed by atoms with Gasteiger partial charge in [0, 0.05) is 38.8 Å². The Kier molecular flexibility index (Phi) is 10.7. The third-order valence-corrected chi connectivity index (χ3v) is 12.7. The molecule has 62 heavy (non-hydrogen) atoms. The molecule has 0 saturated heterocycles. The van der Waals surface area contributed by atoms with Crippen LogP contribution in [0, 0.1) is 0 Å². The van der Waals surface area contributed by atoms with E-state index >= 15 is 0 Å². The molecule has 6 nitrogen and oxygen atoms in total. The van der Waals surface area contributed by atoms with Crippen molar-refractivity contribution < 1.29 is 0 Å². The van der Waals surface area contributed by atoms with Crippen molar-refractivity contribution in [2.24, 2.45) is 0 Å². The van der Waals surface area contributed by atoms with Gasteiger partial charge in [0.2, 0.25) is 0 Å². The van der Waals surface area contributed by atoms with Crippen molar-refractivity contribution in [1.82, 2.24) is 29.9 Å². The molecule has 5 aromatic carbocycles. The zero-order valence-electron chi connectivity index (χ0n) is 35.3. The van der Waals surface area contributed by atoms with Gasteiger partial charge in [-0.1, -0.05) is 184 Å². The van der Waals surface area contributed by atoms with Crippen molar-refractivity contribution in [3.8, 4) is 45.6 Å². The number of aromatic nitrogens is 6. The summed E-state index contributed by atoms with van der Waals surface area (Å²) in [6.07, 6.45) is 26.8. The Morgan fingerprint density at radius 3 is 1.97 bits per heavy atom. The first-order chi connectivity index (χ1) is 30.6. The molecule has 302 valence electrons. The van der Waals surface area contributed by atoms with Gasteiger partial charge in [-0.05, 0) is 78.0 Å². The Balaban J connectivity index is 1.02. The number of hydrogen-bond acceptors (Lipinski definition) is 6. The average molecular weight is 805 g/mol. The molecular formula is C56H48N6. The van der Waals surface area contributed by atoms with E-state index in [2.05, 4.69) is 166 Å². The molecule has 0 aliphatic heterocycles. The van der Waals surface area contributed by atoms with E-state index in [1.54, 1.807) is 0 Å². The highest BCUT2D eigenvalue weighted by Crippen LogP contribution is 2.42. The van der Waals surface area contributed by atoms with Gasteiger partial charge in [-0.2, -0.15) is 0 Å². The molecule has 0 saturated carbocycles. The summed E-state index contributed by atoms with van der Waals surface area (Å²) in [7, 11) is 0. The maximum absolute atomic E-state index is 5.19. The number of benzene rings is 5. The van der Waals surface area contributed by atoms with Crippen LogP contribution in [0.5, 0.6) is 0 Å². The van der Waals surface area contributed by atoms with Crippen LogP contribution in [0.1, 0.15) is 80.7 Å². The lowest BCUT2D eigenvalue weighted by Gasteiger charge is -2.34.